The summed E-state index contributed by atoms with van der Waals surface area (Å²) in [4.78, 5) is 111. The minimum absolute atomic E-state index is 0.0661. The van der Waals surface area contributed by atoms with Gasteiger partial charge in [-0.25, -0.2) is 36.3 Å². The summed E-state index contributed by atoms with van der Waals surface area (Å²) in [5, 5.41) is 2.82. The number of benzene rings is 6. The van der Waals surface area contributed by atoms with Crippen molar-refractivity contribution in [2.24, 2.45) is 0 Å². The summed E-state index contributed by atoms with van der Waals surface area (Å²) in [6.45, 7) is 32.6. The van der Waals surface area contributed by atoms with Gasteiger partial charge in [-0.2, -0.15) is 15.0 Å². The normalized spacial score (nSPS) is 22.6. The summed E-state index contributed by atoms with van der Waals surface area (Å²) in [6.07, 6.45) is 8.44. The fourth-order valence-corrected chi connectivity index (χ4v) is 19.9. The molecule has 9 aliphatic heterocycles. The molecule has 34 heteroatoms. The molecule has 0 aliphatic carbocycles. The van der Waals surface area contributed by atoms with E-state index in [-0.39, 0.29) is 152 Å². The molecular formula is C90H96Cl4F5N15O10. The molecule has 9 aromatic rings. The van der Waals surface area contributed by atoms with Crippen molar-refractivity contribution in [1.29, 1.82) is 0 Å². The first-order valence-electron chi connectivity index (χ1n) is 41.9. The minimum atomic E-state index is -0.795. The Hall–Kier alpha value is -10.2. The van der Waals surface area contributed by atoms with Crippen LogP contribution in [0.15, 0.2) is 125 Å². The number of amides is 3. The molecule has 6 saturated heterocycles. The molecule has 0 bridgehead atoms. The van der Waals surface area contributed by atoms with Crippen molar-refractivity contribution in [2.75, 3.05) is 140 Å². The summed E-state index contributed by atoms with van der Waals surface area (Å²) < 4.78 is 102. The third-order valence-corrected chi connectivity index (χ3v) is 26.6. The third-order valence-electron chi connectivity index (χ3n) is 25.5. The van der Waals surface area contributed by atoms with Crippen LogP contribution in [0.1, 0.15) is 85.4 Å². The van der Waals surface area contributed by atoms with Crippen LogP contribution >= 0.6 is 46.4 Å². The highest BCUT2D eigenvalue weighted by molar-refractivity contribution is 6.37. The predicted octanol–water partition coefficient (Wildman–Crippen LogP) is 13.7. The topological polar surface area (TPSA) is 222 Å². The second-order valence-electron chi connectivity index (χ2n) is 33.7. The van der Waals surface area contributed by atoms with E-state index in [0.717, 1.165) is 63.6 Å². The molecule has 6 aromatic carbocycles. The Balaban J connectivity index is 0.000000138. The number of hydrogen-bond acceptors (Lipinski definition) is 19. The Morgan fingerprint density at radius 3 is 1.15 bits per heavy atom. The summed E-state index contributed by atoms with van der Waals surface area (Å²) >= 11 is 26.8. The maximum absolute atomic E-state index is 15.1. The molecular weight excluding hydrogens is 1690 g/mol. The third kappa shape index (κ3) is 16.3. The van der Waals surface area contributed by atoms with Crippen LogP contribution in [0.5, 0.6) is 17.2 Å². The molecule has 124 heavy (non-hydrogen) atoms. The number of likely N-dealkylation sites (N-methyl/N-ethyl adjacent to an activating group) is 1. The van der Waals surface area contributed by atoms with Crippen LogP contribution in [0.2, 0.25) is 20.1 Å². The number of ether oxygens (including phenoxy) is 4. The van der Waals surface area contributed by atoms with Gasteiger partial charge in [0.25, 0.3) is 0 Å². The summed E-state index contributed by atoms with van der Waals surface area (Å²) in [5.74, 6) is -1.76. The predicted molar refractivity (Wildman–Crippen MR) is 471 cm³/mol. The first-order chi connectivity index (χ1) is 59.4. The van der Waals surface area contributed by atoms with Crippen LogP contribution in [-0.2, 0) is 19.1 Å². The van der Waals surface area contributed by atoms with Crippen molar-refractivity contribution in [1.82, 2.24) is 58.1 Å². The lowest BCUT2D eigenvalue weighted by molar-refractivity contribution is -0.129. The van der Waals surface area contributed by atoms with Crippen molar-refractivity contribution in [3.63, 3.8) is 0 Å². The number of halogens is 9. The van der Waals surface area contributed by atoms with Gasteiger partial charge in [0.05, 0.1) is 69.0 Å². The molecule has 0 saturated carbocycles. The van der Waals surface area contributed by atoms with Crippen LogP contribution < -0.4 is 46.0 Å². The number of carbonyl (C=O) groups excluding carboxylic acids is 3. The van der Waals surface area contributed by atoms with Gasteiger partial charge < -0.3 is 58.1 Å². The smallest absolute Gasteiger partial charge is 0.350 e. The van der Waals surface area contributed by atoms with Gasteiger partial charge >= 0.3 is 17.1 Å². The SMILES string of the molecule is C=CC(=O)N1C[C@H](C)N(c2nc(=O)n3c4c(c(-c5cc(Cl)ccc5F)c(Cl)cc24)OCC3CN2CCC2)C[C@H]1C.C=CC(=O)N1C[C@H](C)N(c2nc(=O)n3c4c(c(-c5ccc(F)cc5F)c(Cl)cc24)OCC3CN(C)C2COC2)C[C@H]1C.C=CC(=O)N1C[C@H](C)N(c2nc(=O)n3c4c(c(-c5ccc(F)cc5F)c(Cl)cc24)OCC3CN2CCCCC2)C[C@H]1C. The molecule has 0 radical (unpaired) electrons. The first-order valence-corrected chi connectivity index (χ1v) is 43.4. The highest BCUT2D eigenvalue weighted by atomic mass is 35.5. The molecule has 3 unspecified atom stereocenters. The van der Waals surface area contributed by atoms with Crippen molar-refractivity contribution in [3.8, 4) is 50.6 Å². The number of nitrogens with zero attached hydrogens (tertiary/aromatic N) is 15. The fraction of sp³-hybridized carbons (Fsp3) is 0.433. The molecule has 18 rings (SSSR count). The Morgan fingerprint density at radius 2 is 0.806 bits per heavy atom. The van der Waals surface area contributed by atoms with E-state index in [4.69, 9.17) is 65.4 Å². The standard InChI is InChI=1S/C31H34ClF2N5O3.C30H32ClF2N5O4.C29H30Cl2FN5O3/c1-4-26(40)37-14-19(3)38(15-18(37)2)30-23-13-24(32)27(22-9-8-20(33)12-25(22)34)29-28(23)39(31(41)35-30)21(17-42-29)16-36-10-6-5-7-11-36;1-5-25(39)36-10-17(3)37(11-16(36)2)29-22-9-23(31)26(21-7-6-18(32)8-24(21)33)28-27(22)38(30(40)34-29)19(15-42-28)12-35(4)20-13-41-14-20;1-4-24(38)35-12-17(3)36(13-16(35)2)28-21-11-22(31)25(20-10-18(30)6-7-23(20)32)27-26(21)37(29(39)33-28)19(15-40-27)14-34-8-5-9-34/h4,8-9,12-13,18-19,21H,1,5-7,10-11,14-17H2,2-3H3;5-9,16-17,19-20H,1,10-15H2,2-4H3;4,6-7,10-11,16-17,19H,1,5,8-9,12-15H2,2-3H3/t18-,19+,21?;2*16-,17+,19?/m111/s1. The average Bonchev–Trinajstić information content (AvgIpc) is 0.737. The van der Waals surface area contributed by atoms with Gasteiger partial charge in [-0.05, 0) is 173 Å². The highest BCUT2D eigenvalue weighted by Crippen LogP contribution is 2.52. The molecule has 3 amide bonds. The van der Waals surface area contributed by atoms with Gasteiger partial charge in [-0.15, -0.1) is 0 Å². The van der Waals surface area contributed by atoms with Gasteiger partial charge in [0.15, 0.2) is 17.2 Å². The van der Waals surface area contributed by atoms with Crippen molar-refractivity contribution < 1.29 is 55.3 Å². The van der Waals surface area contributed by atoms with Crippen LogP contribution in [0.3, 0.4) is 0 Å². The van der Waals surface area contributed by atoms with Gasteiger partial charge in [-0.3, -0.25) is 33.0 Å². The Bertz CT molecular complexity index is 5770. The number of anilines is 3. The highest BCUT2D eigenvalue weighted by Gasteiger charge is 2.43. The summed E-state index contributed by atoms with van der Waals surface area (Å²) in [7, 11) is 1.97. The van der Waals surface area contributed by atoms with E-state index in [2.05, 4.69) is 49.4 Å². The number of piperazine rings is 3. The minimum Gasteiger partial charge on any atom is -0.488 e. The lowest BCUT2D eigenvalue weighted by atomic mass is 9.99. The van der Waals surface area contributed by atoms with Gasteiger partial charge in [0.2, 0.25) is 17.7 Å². The lowest BCUT2D eigenvalue weighted by Gasteiger charge is -2.45. The second kappa shape index (κ2) is 35.7. The maximum Gasteiger partial charge on any atom is 0.350 e. The molecule has 6 fully saturated rings. The number of carbonyl (C=O) groups is 3. The van der Waals surface area contributed by atoms with Crippen molar-refractivity contribution in [2.45, 2.75) is 128 Å². The summed E-state index contributed by atoms with van der Waals surface area (Å²) in [5.41, 5.74) is 1.40. The summed E-state index contributed by atoms with van der Waals surface area (Å²) in [6, 6.07) is 14.3. The number of aromatic nitrogens is 6. The Kier molecular flexibility index (Phi) is 25.1. The first kappa shape index (κ1) is 87.3. The van der Waals surface area contributed by atoms with E-state index in [0.29, 0.717) is 139 Å². The van der Waals surface area contributed by atoms with E-state index >= 15 is 13.2 Å². The zero-order valence-electron chi connectivity index (χ0n) is 69.8. The monoisotopic (exact) mass is 1780 g/mol. The van der Waals surface area contributed by atoms with Crippen LogP contribution in [0.4, 0.5) is 39.4 Å². The van der Waals surface area contributed by atoms with Gasteiger partial charge in [0, 0.05) is 162 Å². The zero-order valence-corrected chi connectivity index (χ0v) is 72.8. The zero-order chi connectivity index (χ0) is 87.9. The van der Waals surface area contributed by atoms with Crippen LogP contribution in [-0.4, -0.2) is 243 Å². The van der Waals surface area contributed by atoms with E-state index in [1.54, 1.807) is 46.6 Å². The molecule has 9 atom stereocenters. The average molecular weight is 1780 g/mol. The molecule has 0 N–H and O–H groups in total. The van der Waals surface area contributed by atoms with E-state index in [1.807, 2.05) is 63.3 Å². The number of piperidine rings is 1. The quantitative estimate of drug-likeness (QED) is 0.0648. The van der Waals surface area contributed by atoms with Crippen LogP contribution in [0.25, 0.3) is 66.1 Å². The molecule has 654 valence electrons. The van der Waals surface area contributed by atoms with Crippen LogP contribution in [0, 0.1) is 29.1 Å². The Morgan fingerprint density at radius 1 is 0.444 bits per heavy atom. The van der Waals surface area contributed by atoms with E-state index < -0.39 is 46.2 Å². The molecule has 9 aliphatic rings. The maximum atomic E-state index is 15.1. The number of likely N-dealkylation sites (tertiary alicyclic amines) is 2. The Labute approximate surface area is 732 Å². The second-order valence-corrected chi connectivity index (χ2v) is 35.3. The van der Waals surface area contributed by atoms with E-state index in [9.17, 15) is 37.5 Å². The number of rotatable bonds is 16. The number of hydrogen-bond donors (Lipinski definition) is 0. The molecule has 3 aromatic heterocycles. The van der Waals surface area contributed by atoms with E-state index in [1.165, 1.54) is 61.0 Å². The van der Waals surface area contributed by atoms with Gasteiger partial charge in [0.1, 0.15) is 66.4 Å². The van der Waals surface area contributed by atoms with Gasteiger partial charge in [-0.1, -0.05) is 72.6 Å². The largest absolute Gasteiger partial charge is 0.488 e. The molecule has 12 heterocycles. The van der Waals surface area contributed by atoms with Crippen molar-refractivity contribution in [3.05, 3.63) is 191 Å². The van der Waals surface area contributed by atoms with Crippen molar-refractivity contribution >= 4 is 114 Å². The molecule has 0 spiro atoms. The fourth-order valence-electron chi connectivity index (χ4n) is 18.9. The lowest BCUT2D eigenvalue weighted by Crippen LogP contribution is -2.58. The molecule has 25 nitrogen and oxygen atoms in total.